The molecule has 6 nitrogen and oxygen atoms in total. The predicted octanol–water partition coefficient (Wildman–Crippen LogP) is 2.85. The van der Waals surface area contributed by atoms with E-state index in [0.29, 0.717) is 12.5 Å². The molecule has 1 heterocycles. The molecule has 1 saturated heterocycles. The molecule has 3 rings (SSSR count). The zero-order valence-electron chi connectivity index (χ0n) is 13.2. The minimum atomic E-state index is -0.526. The molecule has 0 unspecified atom stereocenters. The van der Waals surface area contributed by atoms with E-state index in [0.717, 1.165) is 19.5 Å². The number of nitro benzene ring substituents is 1. The summed E-state index contributed by atoms with van der Waals surface area (Å²) >= 11 is 0. The third-order valence-corrected chi connectivity index (χ3v) is 4.30. The number of carbonyl (C=O) groups is 1. The highest BCUT2D eigenvalue weighted by molar-refractivity contribution is 5.98. The highest BCUT2D eigenvalue weighted by atomic mass is 16.6. The van der Waals surface area contributed by atoms with Gasteiger partial charge in [0, 0.05) is 31.4 Å². The molecule has 6 heteroatoms. The van der Waals surface area contributed by atoms with Gasteiger partial charge in [0.15, 0.2) is 0 Å². The number of rotatable bonds is 5. The van der Waals surface area contributed by atoms with Crippen molar-refractivity contribution in [3.05, 3.63) is 70.3 Å². The first-order valence-corrected chi connectivity index (χ1v) is 7.97. The van der Waals surface area contributed by atoms with Gasteiger partial charge in [0.1, 0.15) is 5.56 Å². The first kappa shape index (κ1) is 16.0. The Bertz CT molecular complexity index is 733. The van der Waals surface area contributed by atoms with Gasteiger partial charge >= 0.3 is 0 Å². The Balaban J connectivity index is 1.57. The van der Waals surface area contributed by atoms with E-state index in [9.17, 15) is 14.9 Å². The summed E-state index contributed by atoms with van der Waals surface area (Å²) in [4.78, 5) is 25.0. The van der Waals surface area contributed by atoms with Crippen molar-refractivity contribution in [2.45, 2.75) is 6.42 Å². The molecule has 0 radical (unpaired) electrons. The predicted molar refractivity (Wildman–Crippen MR) is 92.2 cm³/mol. The molecule has 1 aliphatic heterocycles. The van der Waals surface area contributed by atoms with E-state index in [1.165, 1.54) is 17.8 Å². The van der Waals surface area contributed by atoms with E-state index in [4.69, 9.17) is 0 Å². The van der Waals surface area contributed by atoms with Crippen LogP contribution in [0.25, 0.3) is 0 Å². The minimum Gasteiger partial charge on any atom is -0.371 e. The lowest BCUT2D eigenvalue weighted by Gasteiger charge is -2.18. The zero-order valence-corrected chi connectivity index (χ0v) is 13.2. The fraction of sp³-hybridized carbons (Fsp3) is 0.278. The Morgan fingerprint density at radius 2 is 1.88 bits per heavy atom. The maximum Gasteiger partial charge on any atom is 0.282 e. The second kappa shape index (κ2) is 7.12. The molecule has 0 saturated carbocycles. The van der Waals surface area contributed by atoms with Crippen LogP contribution in [-0.2, 0) is 0 Å². The quantitative estimate of drug-likeness (QED) is 0.677. The summed E-state index contributed by atoms with van der Waals surface area (Å²) in [7, 11) is 0. The number of benzene rings is 2. The number of nitrogens with one attached hydrogen (secondary N) is 1. The summed E-state index contributed by atoms with van der Waals surface area (Å²) in [5.41, 5.74) is 1.14. The molecule has 0 aromatic heterocycles. The van der Waals surface area contributed by atoms with Gasteiger partial charge in [-0.05, 0) is 30.5 Å². The number of anilines is 1. The van der Waals surface area contributed by atoms with Crippen LogP contribution >= 0.6 is 0 Å². The Morgan fingerprint density at radius 3 is 2.62 bits per heavy atom. The Hall–Kier alpha value is -2.89. The lowest BCUT2D eigenvalue weighted by Crippen LogP contribution is -2.31. The van der Waals surface area contributed by atoms with Crippen molar-refractivity contribution >= 4 is 17.3 Å². The van der Waals surface area contributed by atoms with Crippen LogP contribution in [0.2, 0.25) is 0 Å². The summed E-state index contributed by atoms with van der Waals surface area (Å²) in [5, 5.41) is 13.8. The van der Waals surface area contributed by atoms with Crippen LogP contribution in [0.3, 0.4) is 0 Å². The Labute approximate surface area is 140 Å². The summed E-state index contributed by atoms with van der Waals surface area (Å²) in [5.74, 6) is -0.0441. The van der Waals surface area contributed by atoms with Crippen LogP contribution < -0.4 is 10.2 Å². The normalized spacial score (nSPS) is 16.8. The fourth-order valence-corrected chi connectivity index (χ4v) is 3.03. The van der Waals surface area contributed by atoms with Gasteiger partial charge in [0.25, 0.3) is 11.6 Å². The largest absolute Gasteiger partial charge is 0.371 e. The van der Waals surface area contributed by atoms with E-state index in [-0.39, 0.29) is 17.2 Å². The molecular formula is C18H19N3O3. The van der Waals surface area contributed by atoms with E-state index >= 15 is 0 Å². The monoisotopic (exact) mass is 325 g/mol. The van der Waals surface area contributed by atoms with E-state index in [1.54, 1.807) is 12.1 Å². The van der Waals surface area contributed by atoms with Crippen molar-refractivity contribution in [2.24, 2.45) is 5.92 Å². The number of nitrogens with zero attached hydrogens (tertiary/aromatic N) is 2. The lowest BCUT2D eigenvalue weighted by atomic mass is 10.1. The fourth-order valence-electron chi connectivity index (χ4n) is 3.03. The minimum absolute atomic E-state index is 0.111. The van der Waals surface area contributed by atoms with Crippen LogP contribution in [0.5, 0.6) is 0 Å². The van der Waals surface area contributed by atoms with Crippen molar-refractivity contribution in [1.29, 1.82) is 0 Å². The van der Waals surface area contributed by atoms with Crippen LogP contribution in [0, 0.1) is 16.0 Å². The molecule has 1 aliphatic rings. The molecular weight excluding hydrogens is 306 g/mol. The first-order valence-electron chi connectivity index (χ1n) is 7.97. The molecule has 0 spiro atoms. The zero-order chi connectivity index (χ0) is 16.9. The van der Waals surface area contributed by atoms with Crippen molar-refractivity contribution in [3.63, 3.8) is 0 Å². The van der Waals surface area contributed by atoms with Gasteiger partial charge in [0.2, 0.25) is 0 Å². The number of para-hydroxylation sites is 2. The number of amides is 1. The highest BCUT2D eigenvalue weighted by Gasteiger charge is 2.24. The molecule has 0 aliphatic carbocycles. The van der Waals surface area contributed by atoms with Gasteiger partial charge in [-0.3, -0.25) is 14.9 Å². The highest BCUT2D eigenvalue weighted by Crippen LogP contribution is 2.23. The van der Waals surface area contributed by atoms with Crippen molar-refractivity contribution in [3.8, 4) is 0 Å². The molecule has 2 aromatic rings. The van der Waals surface area contributed by atoms with Gasteiger partial charge in [-0.25, -0.2) is 0 Å². The lowest BCUT2D eigenvalue weighted by molar-refractivity contribution is -0.385. The van der Waals surface area contributed by atoms with E-state index in [1.807, 2.05) is 18.2 Å². The molecule has 1 amide bonds. The van der Waals surface area contributed by atoms with Crippen molar-refractivity contribution < 1.29 is 9.72 Å². The van der Waals surface area contributed by atoms with Gasteiger partial charge in [-0.1, -0.05) is 30.3 Å². The summed E-state index contributed by atoms with van der Waals surface area (Å²) in [6.45, 7) is 2.35. The van der Waals surface area contributed by atoms with Gasteiger partial charge in [-0.2, -0.15) is 0 Å². The van der Waals surface area contributed by atoms with Gasteiger partial charge in [0.05, 0.1) is 4.92 Å². The van der Waals surface area contributed by atoms with Crippen molar-refractivity contribution in [2.75, 3.05) is 24.5 Å². The number of hydrogen-bond donors (Lipinski definition) is 1. The molecule has 1 fully saturated rings. The number of hydrogen-bond acceptors (Lipinski definition) is 4. The maximum atomic E-state index is 12.2. The number of nitro groups is 1. The second-order valence-electron chi connectivity index (χ2n) is 5.92. The molecule has 1 atom stereocenters. The summed E-state index contributed by atoms with van der Waals surface area (Å²) in [6, 6.07) is 16.2. The third kappa shape index (κ3) is 3.53. The average molecular weight is 325 g/mol. The van der Waals surface area contributed by atoms with Crippen LogP contribution in [-0.4, -0.2) is 30.5 Å². The van der Waals surface area contributed by atoms with Crippen LogP contribution in [0.4, 0.5) is 11.4 Å². The number of carbonyl (C=O) groups excluding carboxylic acids is 1. The third-order valence-electron chi connectivity index (χ3n) is 4.30. The van der Waals surface area contributed by atoms with E-state index < -0.39 is 4.92 Å². The van der Waals surface area contributed by atoms with Crippen molar-refractivity contribution in [1.82, 2.24) is 5.32 Å². The summed E-state index contributed by atoms with van der Waals surface area (Å²) in [6.07, 6.45) is 0.992. The van der Waals surface area contributed by atoms with Crippen LogP contribution in [0.1, 0.15) is 16.8 Å². The molecule has 24 heavy (non-hydrogen) atoms. The van der Waals surface area contributed by atoms with Gasteiger partial charge < -0.3 is 10.2 Å². The Morgan fingerprint density at radius 1 is 1.17 bits per heavy atom. The average Bonchev–Trinajstić information content (AvgIpc) is 3.09. The molecule has 1 N–H and O–H groups in total. The maximum absolute atomic E-state index is 12.2. The molecule has 0 bridgehead atoms. The van der Waals surface area contributed by atoms with E-state index in [2.05, 4.69) is 22.3 Å². The SMILES string of the molecule is O=C(NC[C@H]1CCN(c2ccccc2)C1)c1ccccc1[N+](=O)[O-]. The first-order chi connectivity index (χ1) is 11.6. The smallest absolute Gasteiger partial charge is 0.282 e. The second-order valence-corrected chi connectivity index (χ2v) is 5.92. The topological polar surface area (TPSA) is 75.5 Å². The van der Waals surface area contributed by atoms with Gasteiger partial charge in [-0.15, -0.1) is 0 Å². The molecule has 124 valence electrons. The standard InChI is InChI=1S/C18H19N3O3/c22-18(16-8-4-5-9-17(16)21(23)24)19-12-14-10-11-20(13-14)15-6-2-1-3-7-15/h1-9,14H,10-13H2,(H,19,22)/t14-/m1/s1. The van der Waals surface area contributed by atoms with Crippen LogP contribution in [0.15, 0.2) is 54.6 Å². The Kier molecular flexibility index (Phi) is 4.74. The molecule has 2 aromatic carbocycles. The summed E-state index contributed by atoms with van der Waals surface area (Å²) < 4.78 is 0.